The molecule has 2 aliphatic rings. The van der Waals surface area contributed by atoms with Crippen LogP contribution >= 0.6 is 23.2 Å². The van der Waals surface area contributed by atoms with Crippen molar-refractivity contribution in [2.75, 3.05) is 24.3 Å². The van der Waals surface area contributed by atoms with Crippen LogP contribution in [-0.2, 0) is 17.6 Å². The number of aromatic nitrogens is 2. The van der Waals surface area contributed by atoms with Crippen molar-refractivity contribution in [2.45, 2.75) is 38.6 Å². The van der Waals surface area contributed by atoms with Gasteiger partial charge in [0.25, 0.3) is 0 Å². The lowest BCUT2D eigenvalue weighted by Gasteiger charge is -2.32. The van der Waals surface area contributed by atoms with Crippen molar-refractivity contribution in [2.24, 2.45) is 0 Å². The highest BCUT2D eigenvalue weighted by Gasteiger charge is 2.23. The quantitative estimate of drug-likeness (QED) is 0.553. The first kappa shape index (κ1) is 21.6. The van der Waals surface area contributed by atoms with Gasteiger partial charge in [-0.2, -0.15) is 0 Å². The van der Waals surface area contributed by atoms with Crippen LogP contribution in [0.15, 0.2) is 53.3 Å². The summed E-state index contributed by atoms with van der Waals surface area (Å²) < 4.78 is 0. The number of amides is 1. The molecule has 1 aromatic rings. The van der Waals surface area contributed by atoms with Gasteiger partial charge in [0.2, 0.25) is 11.9 Å². The summed E-state index contributed by atoms with van der Waals surface area (Å²) in [5.41, 5.74) is 4.09. The summed E-state index contributed by atoms with van der Waals surface area (Å²) in [7, 11) is 0. The second-order valence-electron chi connectivity index (χ2n) is 7.25. The highest BCUT2D eigenvalue weighted by Crippen LogP contribution is 2.24. The molecule has 1 N–H and O–H groups in total. The second-order valence-corrected chi connectivity index (χ2v) is 8.09. The maximum absolute atomic E-state index is 11.9. The van der Waals surface area contributed by atoms with Crippen molar-refractivity contribution in [3.05, 3.63) is 64.5 Å². The van der Waals surface area contributed by atoms with Crippen LogP contribution in [0.3, 0.4) is 0 Å². The minimum atomic E-state index is -0.0270. The second kappa shape index (κ2) is 10.1. The topological polar surface area (TPSA) is 58.1 Å². The van der Waals surface area contributed by atoms with E-state index in [2.05, 4.69) is 35.1 Å². The molecule has 7 heteroatoms. The first-order valence-electron chi connectivity index (χ1n) is 9.82. The fourth-order valence-electron chi connectivity index (χ4n) is 3.64. The van der Waals surface area contributed by atoms with Crippen molar-refractivity contribution >= 4 is 35.1 Å². The first-order valence-corrected chi connectivity index (χ1v) is 10.7. The van der Waals surface area contributed by atoms with E-state index < -0.39 is 0 Å². The molecule has 0 radical (unpaired) electrons. The fraction of sp³-hybridized carbons (Fsp3) is 0.409. The van der Waals surface area contributed by atoms with Crippen LogP contribution in [0.2, 0.25) is 0 Å². The third kappa shape index (κ3) is 5.49. The van der Waals surface area contributed by atoms with Crippen molar-refractivity contribution in [1.29, 1.82) is 0 Å². The fourth-order valence-corrected chi connectivity index (χ4v) is 4.24. The summed E-state index contributed by atoms with van der Waals surface area (Å²) in [5.74, 6) is 0.962. The lowest BCUT2D eigenvalue weighted by Crippen LogP contribution is -2.44. The van der Waals surface area contributed by atoms with Gasteiger partial charge >= 0.3 is 0 Å². The molecule has 1 amide bonds. The zero-order valence-electron chi connectivity index (χ0n) is 16.6. The molecule has 1 aromatic heterocycles. The number of nitrogens with zero attached hydrogens (tertiary/aromatic N) is 3. The molecule has 0 aromatic carbocycles. The molecule has 29 heavy (non-hydrogen) atoms. The molecule has 1 aliphatic heterocycles. The van der Waals surface area contributed by atoms with Crippen LogP contribution in [0.1, 0.15) is 31.0 Å². The standard InChI is InChI=1S/C22H26Cl2N4O/c1-3-21(29)28-11-5-7-18(14-28)26-22-25-13-17-10-9-16(19(12-23)15(2)24)6-4-8-20(17)27-22/h3-4,6,9,13,18H,1,5,7-8,10-12,14H2,2H3,(H,25,26,27)/b6-4?,16-9+,19-15-. The first-order chi connectivity index (χ1) is 14.0. The monoisotopic (exact) mass is 432 g/mol. The van der Waals surface area contributed by atoms with Gasteiger partial charge in [-0.1, -0.05) is 36.4 Å². The molecule has 0 bridgehead atoms. The van der Waals surface area contributed by atoms with E-state index in [0.29, 0.717) is 29.8 Å². The zero-order chi connectivity index (χ0) is 20.8. The molecule has 0 saturated carbocycles. The van der Waals surface area contributed by atoms with Crippen LogP contribution in [0.5, 0.6) is 0 Å². The Balaban J connectivity index is 1.73. The number of alkyl halides is 1. The van der Waals surface area contributed by atoms with Crippen molar-refractivity contribution in [3.63, 3.8) is 0 Å². The SMILES string of the molecule is C=CC(=O)N1CCCC(Nc2ncc3c(n2)CC=CC(/C(CCl)=C(/C)Cl)=C\C3)C1. The lowest BCUT2D eigenvalue weighted by molar-refractivity contribution is -0.127. The lowest BCUT2D eigenvalue weighted by atomic mass is 9.99. The van der Waals surface area contributed by atoms with Gasteiger partial charge in [-0.05, 0) is 49.0 Å². The molecular weight excluding hydrogens is 407 g/mol. The number of rotatable bonds is 5. The predicted octanol–water partition coefficient (Wildman–Crippen LogP) is 4.40. The van der Waals surface area contributed by atoms with Crippen LogP contribution < -0.4 is 5.32 Å². The summed E-state index contributed by atoms with van der Waals surface area (Å²) in [6.07, 6.45) is 12.9. The van der Waals surface area contributed by atoms with Gasteiger partial charge < -0.3 is 10.2 Å². The van der Waals surface area contributed by atoms with Crippen molar-refractivity contribution < 1.29 is 4.79 Å². The molecule has 1 saturated heterocycles. The minimum absolute atomic E-state index is 0.0270. The number of fused-ring (bicyclic) bond motifs is 1. The molecule has 5 nitrogen and oxygen atoms in total. The maximum atomic E-state index is 11.9. The molecule has 1 aliphatic carbocycles. The Hall–Kier alpha value is -2.11. The van der Waals surface area contributed by atoms with E-state index in [9.17, 15) is 4.79 Å². The van der Waals surface area contributed by atoms with Gasteiger partial charge in [-0.15, -0.1) is 11.6 Å². The maximum Gasteiger partial charge on any atom is 0.246 e. The Morgan fingerprint density at radius 1 is 1.45 bits per heavy atom. The molecule has 3 rings (SSSR count). The van der Waals surface area contributed by atoms with Crippen LogP contribution in [0.4, 0.5) is 5.95 Å². The van der Waals surface area contributed by atoms with Crippen LogP contribution in [0, 0.1) is 0 Å². The summed E-state index contributed by atoms with van der Waals surface area (Å²) in [5, 5.41) is 4.11. The average molecular weight is 433 g/mol. The van der Waals surface area contributed by atoms with Gasteiger partial charge in [0.1, 0.15) is 0 Å². The number of allylic oxidation sites excluding steroid dienone is 6. The zero-order valence-corrected chi connectivity index (χ0v) is 18.1. The highest BCUT2D eigenvalue weighted by atomic mass is 35.5. The summed E-state index contributed by atoms with van der Waals surface area (Å²) in [6.45, 7) is 6.85. The highest BCUT2D eigenvalue weighted by molar-refractivity contribution is 6.31. The molecule has 1 fully saturated rings. The summed E-state index contributed by atoms with van der Waals surface area (Å²) in [4.78, 5) is 22.9. The predicted molar refractivity (Wildman–Crippen MR) is 119 cm³/mol. The Morgan fingerprint density at radius 3 is 3.00 bits per heavy atom. The molecule has 1 unspecified atom stereocenters. The van der Waals surface area contributed by atoms with Crippen LogP contribution in [0.25, 0.3) is 0 Å². The number of nitrogens with one attached hydrogen (secondary N) is 1. The van der Waals surface area contributed by atoms with Crippen molar-refractivity contribution in [1.82, 2.24) is 14.9 Å². The third-order valence-corrected chi connectivity index (χ3v) is 5.74. The third-order valence-electron chi connectivity index (χ3n) is 5.24. The van der Waals surface area contributed by atoms with Crippen LogP contribution in [-0.4, -0.2) is 45.8 Å². The van der Waals surface area contributed by atoms with E-state index in [0.717, 1.165) is 48.2 Å². The number of hydrogen-bond donors (Lipinski definition) is 1. The number of piperidine rings is 1. The van der Waals surface area contributed by atoms with Gasteiger partial charge in [0.05, 0.1) is 5.69 Å². The Labute approximate surface area is 182 Å². The van der Waals surface area contributed by atoms with E-state index in [1.807, 2.05) is 18.0 Å². The number of carbonyl (C=O) groups is 1. The summed E-state index contributed by atoms with van der Waals surface area (Å²) in [6, 6.07) is 0.143. The summed E-state index contributed by atoms with van der Waals surface area (Å²) >= 11 is 12.2. The molecule has 2 heterocycles. The van der Waals surface area contributed by atoms with Gasteiger partial charge in [0.15, 0.2) is 0 Å². The van der Waals surface area contributed by atoms with E-state index >= 15 is 0 Å². The largest absolute Gasteiger partial charge is 0.350 e. The molecule has 154 valence electrons. The Morgan fingerprint density at radius 2 is 2.28 bits per heavy atom. The van der Waals surface area contributed by atoms with Crippen molar-refractivity contribution in [3.8, 4) is 0 Å². The van der Waals surface area contributed by atoms with E-state index in [-0.39, 0.29) is 11.9 Å². The number of halogens is 2. The average Bonchev–Trinajstić information content (AvgIpc) is 2.70. The van der Waals surface area contributed by atoms with E-state index in [1.165, 1.54) is 6.08 Å². The van der Waals surface area contributed by atoms with E-state index in [4.69, 9.17) is 28.2 Å². The minimum Gasteiger partial charge on any atom is -0.350 e. The normalized spacial score (nSPS) is 21.8. The molecular formula is C22H26Cl2N4O. The van der Waals surface area contributed by atoms with Gasteiger partial charge in [0, 0.05) is 42.7 Å². The number of carbonyl (C=O) groups excluding carboxylic acids is 1. The number of hydrogen-bond acceptors (Lipinski definition) is 4. The molecule has 1 atom stereocenters. The molecule has 0 spiro atoms. The number of anilines is 1. The smallest absolute Gasteiger partial charge is 0.246 e. The number of likely N-dealkylation sites (tertiary alicyclic amines) is 1. The van der Waals surface area contributed by atoms with E-state index in [1.54, 1.807) is 0 Å². The van der Waals surface area contributed by atoms with Gasteiger partial charge in [-0.25, -0.2) is 9.97 Å². The van der Waals surface area contributed by atoms with Gasteiger partial charge in [-0.3, -0.25) is 4.79 Å². The Kier molecular flexibility index (Phi) is 7.51. The Bertz CT molecular complexity index is 872.